The first-order chi connectivity index (χ1) is 6.29. The van der Waals surface area contributed by atoms with Crippen molar-refractivity contribution in [2.24, 2.45) is 0 Å². The Balaban J connectivity index is -0.0000000116. The van der Waals surface area contributed by atoms with Gasteiger partial charge in [0.25, 0.3) is 0 Å². The van der Waals surface area contributed by atoms with E-state index in [2.05, 4.69) is 0 Å². The third kappa shape index (κ3) is 687. The number of carbonyl (C=O) groups is 2. The third-order valence-electron chi connectivity index (χ3n) is 0. The van der Waals surface area contributed by atoms with Gasteiger partial charge in [-0.15, -0.1) is 0 Å². The molecule has 0 aliphatic heterocycles. The maximum atomic E-state index is 9.11. The average molecular weight is 287 g/mol. The zero-order valence-corrected chi connectivity index (χ0v) is 17.3. The number of carbonyl (C=O) groups excluding carboxylic acids is 2. The van der Waals surface area contributed by atoms with Crippen LogP contribution in [0.1, 0.15) is 44.8 Å². The Morgan fingerprint density at radius 3 is 1.06 bits per heavy atom. The molecule has 0 saturated carbocycles. The summed E-state index contributed by atoms with van der Waals surface area (Å²) in [7, 11) is 0. The molecule has 0 aromatic carbocycles. The molecule has 0 aromatic rings. The normalized spacial score (nSPS) is 5.56. The van der Waals surface area contributed by atoms with Gasteiger partial charge in [-0.05, 0) is 6.92 Å². The maximum absolute atomic E-state index is 9.11. The van der Waals surface area contributed by atoms with Crippen LogP contribution >= 0.6 is 0 Å². The van der Waals surface area contributed by atoms with E-state index in [9.17, 15) is 0 Å². The quantitative estimate of drug-likeness (QED) is 0.299. The number of nitrogens with one attached hydrogen (secondary N) is 1. The van der Waals surface area contributed by atoms with Gasteiger partial charge >= 0.3 is 103 Å². The average Bonchev–Trinajstić information content (AvgIpc) is 1.85. The fourth-order valence-electron chi connectivity index (χ4n) is 0. The summed E-state index contributed by atoms with van der Waals surface area (Å²) in [4.78, 5) is 17.9. The van der Waals surface area contributed by atoms with Crippen LogP contribution in [-0.4, -0.2) is 12.6 Å². The van der Waals surface area contributed by atoms with Crippen LogP contribution in [0.5, 0.6) is 0 Å². The first kappa shape index (κ1) is 36.2. The van der Waals surface area contributed by atoms with Gasteiger partial charge in [0.05, 0.1) is 1.37 Å². The molecule has 0 radical (unpaired) electrons. The molecule has 1 amide bonds. The van der Waals surface area contributed by atoms with E-state index in [1.807, 2.05) is 40.5 Å². The number of hydrogen-bond donors (Lipinski definition) is 0. The zero-order chi connectivity index (χ0) is 12.6. The number of aldehydes is 1. The number of hydrogen-bond acceptors (Lipinski definition) is 2. The molecule has 0 spiro atoms. The minimum atomic E-state index is -1.33. The number of nitrogens with two attached hydrogens (primary N) is 1. The van der Waals surface area contributed by atoms with Gasteiger partial charge in [0, 0.05) is 6.39 Å². The van der Waals surface area contributed by atoms with Gasteiger partial charge in [0.2, 0.25) is 0 Å². The van der Waals surface area contributed by atoms with E-state index in [1.165, 1.54) is 6.92 Å². The van der Waals surface area contributed by atoms with E-state index in [4.69, 9.17) is 18.1 Å². The predicted octanol–water partition coefficient (Wildman–Crippen LogP) is -1.78. The summed E-state index contributed by atoms with van der Waals surface area (Å²) in [5.41, 5.74) is 5.61. The number of rotatable bonds is 0. The second-order valence-electron chi connectivity index (χ2n) is 1.46. The molecule has 4 nitrogen and oxygen atoms in total. The summed E-state index contributed by atoms with van der Waals surface area (Å²) in [6.07, 6.45) is 2.08. The van der Waals surface area contributed by atoms with Crippen LogP contribution < -0.4 is 103 Å². The van der Waals surface area contributed by atoms with Crippen molar-refractivity contribution in [1.82, 2.24) is 0 Å². The molecule has 0 atom stereocenters. The minimum Gasteiger partial charge on any atom is -0.693 e. The summed E-state index contributed by atoms with van der Waals surface area (Å²) in [5.74, 6) is 0. The Hall–Kier alpha value is 2.37. The summed E-state index contributed by atoms with van der Waals surface area (Å²) >= 11 is 0. The van der Waals surface area contributed by atoms with Crippen molar-refractivity contribution in [2.75, 3.05) is 0 Å². The smallest absolute Gasteiger partial charge is 0.693 e. The molecule has 3 N–H and O–H groups in total. The van der Waals surface area contributed by atoms with Gasteiger partial charge in [0.1, 0.15) is 7.63 Å². The third-order valence-corrected chi connectivity index (χ3v) is 0. The van der Waals surface area contributed by atoms with Gasteiger partial charge in [-0.2, -0.15) is 27.7 Å². The molecular weight excluding hydrogens is 258 g/mol. The van der Waals surface area contributed by atoms with Crippen molar-refractivity contribution < 1.29 is 115 Å². The second kappa shape index (κ2) is 115. The van der Waals surface area contributed by atoms with Crippen LogP contribution in [0.15, 0.2) is 0 Å². The number of amides is 1. The summed E-state index contributed by atoms with van der Waals surface area (Å²) in [6, 6.07) is 0. The molecule has 0 rings (SSSR count). The summed E-state index contributed by atoms with van der Waals surface area (Å²) in [6.45, 7) is 9.19. The van der Waals surface area contributed by atoms with Crippen LogP contribution in [0, 0.1) is 12.8 Å². The molecule has 0 aliphatic rings. The largest absolute Gasteiger partial charge is 1.00 e. The Kier molecular flexibility index (Phi) is 260. The Morgan fingerprint density at radius 1 is 1.06 bits per heavy atom. The maximum Gasteiger partial charge on any atom is 1.00 e. The van der Waals surface area contributed by atoms with E-state index < -0.39 is 12.6 Å². The standard InChI is InChI=1S/2C3H7.C2H4O.CH3NO.CH4.2K.H2N/c2*1-3-2;1-2-3;2-1-3;;;;/h2*3H,1-2H3;2H,1H3;1H,(H2,2,3);1H4;;;1H2/q2*-1;;;;2*+1;-1/p-1/i;;2D;1D;;;;. The fraction of sp³-hybridized carbons (Fsp3) is 0.600. The molecule has 16 heavy (non-hydrogen) atoms. The first-order valence-corrected chi connectivity index (χ1v) is 3.47. The molecule has 0 heterocycles. The molecule has 0 unspecified atom stereocenters. The van der Waals surface area contributed by atoms with Gasteiger partial charge in [-0.1, -0.05) is 7.43 Å². The molecule has 0 aromatic heterocycles. The van der Waals surface area contributed by atoms with E-state index in [-0.39, 0.29) is 116 Å². The Morgan fingerprint density at radius 2 is 1.06 bits per heavy atom. The predicted molar refractivity (Wildman–Crippen MR) is 65.4 cm³/mol. The minimum absolute atomic E-state index is 0. The van der Waals surface area contributed by atoms with E-state index in [0.29, 0.717) is 0 Å². The molecule has 0 fully saturated rings. The molecule has 0 saturated heterocycles. The summed E-state index contributed by atoms with van der Waals surface area (Å²) in [5, 5.41) is 0. The monoisotopic (exact) mass is 286 g/mol. The van der Waals surface area contributed by atoms with Crippen molar-refractivity contribution in [3.05, 3.63) is 24.7 Å². The van der Waals surface area contributed by atoms with Crippen molar-refractivity contribution >= 4 is 12.6 Å². The van der Waals surface area contributed by atoms with Gasteiger partial charge in [0.15, 0.2) is 0 Å². The SMILES string of the molecule is C.C[CH-]C.C[CH-]C.[2H]C(C)=O.[2H]C([NH-])=O.[K+].[K+].[NH2-]. The molecule has 0 bridgehead atoms. The van der Waals surface area contributed by atoms with E-state index in [0.717, 1.165) is 0 Å². The van der Waals surface area contributed by atoms with Crippen LogP contribution in [0.3, 0.4) is 0 Å². The van der Waals surface area contributed by atoms with Crippen molar-refractivity contribution in [3.8, 4) is 0 Å². The van der Waals surface area contributed by atoms with Crippen molar-refractivity contribution in [3.63, 3.8) is 0 Å². The Labute approximate surface area is 191 Å². The van der Waals surface area contributed by atoms with Crippen LogP contribution in [0.25, 0.3) is 11.9 Å². The second-order valence-corrected chi connectivity index (χ2v) is 1.46. The van der Waals surface area contributed by atoms with E-state index in [1.54, 1.807) is 0 Å². The van der Waals surface area contributed by atoms with E-state index >= 15 is 0 Å². The molecular formula is C10H26K2N2O2-2. The van der Waals surface area contributed by atoms with Gasteiger partial charge in [-0.3, -0.25) is 0 Å². The van der Waals surface area contributed by atoms with Crippen LogP contribution in [0.4, 0.5) is 0 Å². The fourth-order valence-corrected chi connectivity index (χ4v) is 0. The Bertz CT molecular complexity index is 110. The van der Waals surface area contributed by atoms with Crippen molar-refractivity contribution in [2.45, 2.75) is 42.0 Å². The van der Waals surface area contributed by atoms with Gasteiger partial charge < -0.3 is 34.3 Å². The van der Waals surface area contributed by atoms with Crippen LogP contribution in [0.2, 0.25) is 0 Å². The molecule has 6 heteroatoms. The molecule has 92 valence electrons. The first-order valence-electron chi connectivity index (χ1n) is 4.47. The van der Waals surface area contributed by atoms with Crippen LogP contribution in [-0.2, 0) is 9.59 Å². The topological polar surface area (TPSA) is 91.4 Å². The zero-order valence-electron chi connectivity index (χ0n) is 13.0. The van der Waals surface area contributed by atoms with Crippen molar-refractivity contribution in [1.29, 1.82) is 0 Å². The molecule has 0 aliphatic carbocycles. The van der Waals surface area contributed by atoms with Gasteiger partial charge in [-0.25, -0.2) is 0 Å². The summed E-state index contributed by atoms with van der Waals surface area (Å²) < 4.78 is 11.6.